The van der Waals surface area contributed by atoms with Gasteiger partial charge in [-0.15, -0.1) is 0 Å². The molecule has 2 N–H and O–H groups in total. The molecule has 0 spiro atoms. The summed E-state index contributed by atoms with van der Waals surface area (Å²) in [6, 6.07) is 0. The molecular formula is C9H17N5O. The van der Waals surface area contributed by atoms with E-state index in [1.165, 1.54) is 6.33 Å². The van der Waals surface area contributed by atoms with Gasteiger partial charge in [0.15, 0.2) is 0 Å². The molecule has 0 aliphatic carbocycles. The average Bonchev–Trinajstić information content (AvgIpc) is 2.61. The molecular weight excluding hydrogens is 194 g/mol. The number of carbonyl (C=O) groups is 1. The van der Waals surface area contributed by atoms with Crippen LogP contribution in [0.15, 0.2) is 6.33 Å². The monoisotopic (exact) mass is 211 g/mol. The molecule has 84 valence electrons. The second kappa shape index (κ2) is 6.13. The molecule has 15 heavy (non-hydrogen) atoms. The number of nitrogens with one attached hydrogen (secondary N) is 2. The van der Waals surface area contributed by atoms with Crippen LogP contribution in [0.1, 0.15) is 19.2 Å². The van der Waals surface area contributed by atoms with Gasteiger partial charge in [-0.2, -0.15) is 5.10 Å². The normalized spacial score (nSPS) is 10.3. The fourth-order valence-electron chi connectivity index (χ4n) is 1.09. The van der Waals surface area contributed by atoms with Crippen molar-refractivity contribution in [2.75, 3.05) is 13.1 Å². The third-order valence-corrected chi connectivity index (χ3v) is 1.95. The van der Waals surface area contributed by atoms with Crippen molar-refractivity contribution in [3.05, 3.63) is 12.2 Å². The van der Waals surface area contributed by atoms with Crippen LogP contribution in [0.4, 0.5) is 0 Å². The highest BCUT2D eigenvalue weighted by molar-refractivity contribution is 5.77. The van der Waals surface area contributed by atoms with Crippen LogP contribution < -0.4 is 10.6 Å². The molecule has 0 aliphatic rings. The number of hydrogen-bond acceptors (Lipinski definition) is 4. The summed E-state index contributed by atoms with van der Waals surface area (Å²) in [4.78, 5) is 15.2. The first-order valence-corrected chi connectivity index (χ1v) is 5.04. The minimum absolute atomic E-state index is 0.0130. The third kappa shape index (κ3) is 4.07. The number of nitrogens with zero attached hydrogens (tertiary/aromatic N) is 3. The topological polar surface area (TPSA) is 71.8 Å². The van der Waals surface area contributed by atoms with Gasteiger partial charge in [0.2, 0.25) is 5.91 Å². The first kappa shape index (κ1) is 11.6. The summed E-state index contributed by atoms with van der Waals surface area (Å²) in [5.41, 5.74) is 0. The molecule has 0 saturated carbocycles. The van der Waals surface area contributed by atoms with Gasteiger partial charge in [-0.3, -0.25) is 9.48 Å². The van der Waals surface area contributed by atoms with Crippen molar-refractivity contribution in [1.82, 2.24) is 25.4 Å². The van der Waals surface area contributed by atoms with Crippen molar-refractivity contribution in [2.24, 2.45) is 7.05 Å². The highest BCUT2D eigenvalue weighted by atomic mass is 16.1. The summed E-state index contributed by atoms with van der Waals surface area (Å²) in [5, 5.41) is 9.71. The van der Waals surface area contributed by atoms with Crippen LogP contribution in [-0.2, 0) is 18.4 Å². The maximum Gasteiger partial charge on any atom is 0.233 e. The van der Waals surface area contributed by atoms with Gasteiger partial charge in [-0.1, -0.05) is 6.92 Å². The molecule has 0 saturated heterocycles. The van der Waals surface area contributed by atoms with Crippen molar-refractivity contribution in [2.45, 2.75) is 19.9 Å². The molecule has 1 heterocycles. The Morgan fingerprint density at radius 3 is 3.00 bits per heavy atom. The number of rotatable bonds is 6. The highest BCUT2D eigenvalue weighted by Crippen LogP contribution is 1.88. The molecule has 1 amide bonds. The van der Waals surface area contributed by atoms with Gasteiger partial charge in [-0.25, -0.2) is 4.98 Å². The van der Waals surface area contributed by atoms with E-state index < -0.39 is 0 Å². The van der Waals surface area contributed by atoms with Gasteiger partial charge >= 0.3 is 0 Å². The first-order chi connectivity index (χ1) is 7.24. The van der Waals surface area contributed by atoms with E-state index in [4.69, 9.17) is 0 Å². The van der Waals surface area contributed by atoms with Crippen LogP contribution in [0.5, 0.6) is 0 Å². The molecule has 1 rings (SSSR count). The molecule has 0 aromatic carbocycles. The van der Waals surface area contributed by atoms with Crippen molar-refractivity contribution < 1.29 is 4.79 Å². The Morgan fingerprint density at radius 1 is 1.60 bits per heavy atom. The molecule has 0 atom stereocenters. The van der Waals surface area contributed by atoms with Crippen LogP contribution in [0, 0.1) is 0 Å². The fraction of sp³-hybridized carbons (Fsp3) is 0.667. The fourth-order valence-corrected chi connectivity index (χ4v) is 1.09. The molecule has 0 bridgehead atoms. The Kier molecular flexibility index (Phi) is 4.76. The summed E-state index contributed by atoms with van der Waals surface area (Å²) in [5.74, 6) is 0.831. The Hall–Kier alpha value is -1.43. The van der Waals surface area contributed by atoms with Crippen LogP contribution in [0.3, 0.4) is 0 Å². The number of amides is 1. The molecule has 0 unspecified atom stereocenters. The van der Waals surface area contributed by atoms with Gasteiger partial charge in [-0.05, 0) is 6.42 Å². The van der Waals surface area contributed by atoms with Crippen molar-refractivity contribution >= 4 is 5.91 Å². The van der Waals surface area contributed by atoms with E-state index in [0.717, 1.165) is 18.8 Å². The average molecular weight is 211 g/mol. The van der Waals surface area contributed by atoms with E-state index in [1.807, 2.05) is 14.0 Å². The van der Waals surface area contributed by atoms with Crippen molar-refractivity contribution in [3.63, 3.8) is 0 Å². The van der Waals surface area contributed by atoms with E-state index in [1.54, 1.807) is 4.68 Å². The Bertz CT molecular complexity index is 309. The van der Waals surface area contributed by atoms with Crippen LogP contribution in [0.25, 0.3) is 0 Å². The molecule has 1 aromatic rings. The Labute approximate surface area is 89.1 Å². The standard InChI is InChI=1S/C9H17N5O/c1-3-4-11-9(15)6-10-5-8-12-7-13-14(8)2/h7,10H,3-6H2,1-2H3,(H,11,15). The number of carbonyl (C=O) groups excluding carboxylic acids is 1. The summed E-state index contributed by atoms with van der Waals surface area (Å²) < 4.78 is 1.68. The summed E-state index contributed by atoms with van der Waals surface area (Å²) >= 11 is 0. The summed E-state index contributed by atoms with van der Waals surface area (Å²) in [6.07, 6.45) is 2.45. The Balaban J connectivity index is 2.16. The van der Waals surface area contributed by atoms with Crippen molar-refractivity contribution in [3.8, 4) is 0 Å². The second-order valence-corrected chi connectivity index (χ2v) is 3.25. The first-order valence-electron chi connectivity index (χ1n) is 5.04. The number of aromatic nitrogens is 3. The smallest absolute Gasteiger partial charge is 0.233 e. The van der Waals surface area contributed by atoms with E-state index in [0.29, 0.717) is 13.1 Å². The van der Waals surface area contributed by atoms with Crippen LogP contribution in [-0.4, -0.2) is 33.8 Å². The zero-order chi connectivity index (χ0) is 11.1. The largest absolute Gasteiger partial charge is 0.355 e. The van der Waals surface area contributed by atoms with Crippen molar-refractivity contribution in [1.29, 1.82) is 0 Å². The van der Waals surface area contributed by atoms with Crippen LogP contribution >= 0.6 is 0 Å². The van der Waals surface area contributed by atoms with Crippen LogP contribution in [0.2, 0.25) is 0 Å². The maximum atomic E-state index is 11.2. The highest BCUT2D eigenvalue weighted by Gasteiger charge is 2.02. The molecule has 0 aliphatic heterocycles. The predicted octanol–water partition coefficient (Wildman–Crippen LogP) is -0.569. The minimum Gasteiger partial charge on any atom is -0.355 e. The third-order valence-electron chi connectivity index (χ3n) is 1.95. The number of aryl methyl sites for hydroxylation is 1. The Morgan fingerprint density at radius 2 is 2.40 bits per heavy atom. The predicted molar refractivity (Wildman–Crippen MR) is 56.0 cm³/mol. The lowest BCUT2D eigenvalue weighted by atomic mass is 10.4. The zero-order valence-electron chi connectivity index (χ0n) is 9.16. The van der Waals surface area contributed by atoms with E-state index >= 15 is 0 Å². The lowest BCUT2D eigenvalue weighted by Crippen LogP contribution is -2.34. The molecule has 0 fully saturated rings. The summed E-state index contributed by atoms with van der Waals surface area (Å²) in [6.45, 7) is 3.61. The van der Waals surface area contributed by atoms with E-state index in [2.05, 4.69) is 20.7 Å². The van der Waals surface area contributed by atoms with Gasteiger partial charge < -0.3 is 10.6 Å². The minimum atomic E-state index is 0.0130. The SMILES string of the molecule is CCCNC(=O)CNCc1ncnn1C. The molecule has 0 radical (unpaired) electrons. The number of hydrogen-bond donors (Lipinski definition) is 2. The van der Waals surface area contributed by atoms with Gasteiger partial charge in [0.25, 0.3) is 0 Å². The lowest BCUT2D eigenvalue weighted by Gasteiger charge is -2.04. The van der Waals surface area contributed by atoms with E-state index in [9.17, 15) is 4.79 Å². The second-order valence-electron chi connectivity index (χ2n) is 3.25. The lowest BCUT2D eigenvalue weighted by molar-refractivity contribution is -0.120. The zero-order valence-corrected chi connectivity index (χ0v) is 9.16. The van der Waals surface area contributed by atoms with Gasteiger partial charge in [0.05, 0.1) is 13.1 Å². The maximum absolute atomic E-state index is 11.2. The van der Waals surface area contributed by atoms with E-state index in [-0.39, 0.29) is 5.91 Å². The van der Waals surface area contributed by atoms with Gasteiger partial charge in [0.1, 0.15) is 12.2 Å². The summed E-state index contributed by atoms with van der Waals surface area (Å²) in [7, 11) is 1.82. The molecule has 6 heteroatoms. The molecule has 1 aromatic heterocycles. The molecule has 6 nitrogen and oxygen atoms in total. The quantitative estimate of drug-likeness (QED) is 0.661. The van der Waals surface area contributed by atoms with Gasteiger partial charge in [0, 0.05) is 13.6 Å².